The molecule has 1 aromatic heterocycles. The van der Waals surface area contributed by atoms with E-state index in [1.807, 2.05) is 19.1 Å². The van der Waals surface area contributed by atoms with Crippen molar-refractivity contribution in [1.29, 1.82) is 0 Å². The fraction of sp³-hybridized carbons (Fsp3) is 0.150. The van der Waals surface area contributed by atoms with Crippen molar-refractivity contribution in [1.82, 2.24) is 5.32 Å². The molecule has 1 amide bonds. The molecule has 7 heteroatoms. The van der Waals surface area contributed by atoms with E-state index >= 15 is 0 Å². The van der Waals surface area contributed by atoms with E-state index in [9.17, 15) is 13.2 Å². The molecule has 0 unspecified atom stereocenters. The van der Waals surface area contributed by atoms with Crippen molar-refractivity contribution in [3.05, 3.63) is 83.8 Å². The van der Waals surface area contributed by atoms with Gasteiger partial charge in [-0.05, 0) is 43.3 Å². The molecule has 6 nitrogen and oxygen atoms in total. The van der Waals surface area contributed by atoms with E-state index in [1.54, 1.807) is 30.3 Å². The summed E-state index contributed by atoms with van der Waals surface area (Å²) in [6.45, 7) is 2.24. The molecule has 0 aliphatic rings. The van der Waals surface area contributed by atoms with Crippen LogP contribution in [0.4, 0.5) is 5.69 Å². The molecule has 1 heterocycles. The van der Waals surface area contributed by atoms with Gasteiger partial charge in [-0.3, -0.25) is 9.10 Å². The van der Waals surface area contributed by atoms with Crippen LogP contribution in [0.3, 0.4) is 0 Å². The molecule has 1 N–H and O–H groups in total. The quantitative estimate of drug-likeness (QED) is 0.707. The highest BCUT2D eigenvalue weighted by molar-refractivity contribution is 7.92. The monoisotopic (exact) mass is 384 g/mol. The number of rotatable bonds is 6. The van der Waals surface area contributed by atoms with Gasteiger partial charge in [0.15, 0.2) is 0 Å². The molecule has 2 aromatic carbocycles. The second kappa shape index (κ2) is 7.67. The number of sulfonamides is 1. The van der Waals surface area contributed by atoms with Gasteiger partial charge in [0.2, 0.25) is 0 Å². The lowest BCUT2D eigenvalue weighted by Crippen LogP contribution is -2.27. The first kappa shape index (κ1) is 18.7. The van der Waals surface area contributed by atoms with Gasteiger partial charge in [0.25, 0.3) is 15.9 Å². The number of benzene rings is 2. The van der Waals surface area contributed by atoms with Crippen molar-refractivity contribution in [3.8, 4) is 0 Å². The minimum atomic E-state index is -3.78. The smallest absolute Gasteiger partial charge is 0.264 e. The maximum Gasteiger partial charge on any atom is 0.264 e. The summed E-state index contributed by atoms with van der Waals surface area (Å²) < 4.78 is 32.0. The zero-order chi connectivity index (χ0) is 19.4. The first-order valence-corrected chi connectivity index (χ1v) is 9.77. The molecule has 3 rings (SSSR count). The first-order valence-electron chi connectivity index (χ1n) is 8.33. The maximum absolute atomic E-state index is 12.9. The second-order valence-electron chi connectivity index (χ2n) is 6.15. The van der Waals surface area contributed by atoms with Gasteiger partial charge >= 0.3 is 0 Å². The number of carbonyl (C=O) groups excluding carboxylic acids is 1. The van der Waals surface area contributed by atoms with Crippen LogP contribution in [-0.4, -0.2) is 21.4 Å². The SMILES string of the molecule is Cc1ccc(N(C)S(=O)(=O)c2cccc(C(=O)NCc3ccoc3)c2)cc1. The van der Waals surface area contributed by atoms with Crippen LogP contribution in [-0.2, 0) is 16.6 Å². The number of anilines is 1. The van der Waals surface area contributed by atoms with E-state index in [0.29, 0.717) is 12.2 Å². The molecule has 0 radical (unpaired) electrons. The van der Waals surface area contributed by atoms with Crippen LogP contribution in [0.5, 0.6) is 0 Å². The summed E-state index contributed by atoms with van der Waals surface area (Å²) in [5, 5.41) is 2.74. The molecule has 0 bridgehead atoms. The third kappa shape index (κ3) is 4.20. The average molecular weight is 384 g/mol. The lowest BCUT2D eigenvalue weighted by Gasteiger charge is -2.20. The van der Waals surface area contributed by atoms with Crippen molar-refractivity contribution >= 4 is 21.6 Å². The van der Waals surface area contributed by atoms with Gasteiger partial charge in [-0.1, -0.05) is 23.8 Å². The van der Waals surface area contributed by atoms with Crippen molar-refractivity contribution in [2.75, 3.05) is 11.4 Å². The highest BCUT2D eigenvalue weighted by atomic mass is 32.2. The Bertz CT molecular complexity index is 1030. The summed E-state index contributed by atoms with van der Waals surface area (Å²) in [6, 6.07) is 14.9. The number of furan rings is 1. The van der Waals surface area contributed by atoms with Crippen LogP contribution in [0.1, 0.15) is 21.5 Å². The molecule has 140 valence electrons. The summed E-state index contributed by atoms with van der Waals surface area (Å²) in [6.07, 6.45) is 3.06. The molecule has 0 aliphatic carbocycles. The first-order chi connectivity index (χ1) is 12.9. The molecule has 0 aliphatic heterocycles. The Labute approximate surface area is 158 Å². The van der Waals surface area contributed by atoms with Gasteiger partial charge in [-0.15, -0.1) is 0 Å². The number of aryl methyl sites for hydroxylation is 1. The topological polar surface area (TPSA) is 79.6 Å². The molecule has 0 saturated carbocycles. The normalized spacial score (nSPS) is 11.2. The van der Waals surface area contributed by atoms with Crippen LogP contribution in [0.25, 0.3) is 0 Å². The Hall–Kier alpha value is -3.06. The zero-order valence-electron chi connectivity index (χ0n) is 15.0. The van der Waals surface area contributed by atoms with Crippen molar-refractivity contribution in [3.63, 3.8) is 0 Å². The highest BCUT2D eigenvalue weighted by Gasteiger charge is 2.22. The third-order valence-electron chi connectivity index (χ3n) is 4.19. The standard InChI is InChI=1S/C20H20N2O4S/c1-15-6-8-18(9-7-15)22(2)27(24,25)19-5-3-4-17(12-19)20(23)21-13-16-10-11-26-14-16/h3-12,14H,13H2,1-2H3,(H,21,23). The predicted octanol–water partition coefficient (Wildman–Crippen LogP) is 3.34. The molecule has 0 spiro atoms. The second-order valence-corrected chi connectivity index (χ2v) is 8.12. The average Bonchev–Trinajstić information content (AvgIpc) is 3.20. The number of carbonyl (C=O) groups is 1. The predicted molar refractivity (Wildman–Crippen MR) is 103 cm³/mol. The Balaban J connectivity index is 1.80. The number of hydrogen-bond donors (Lipinski definition) is 1. The van der Waals surface area contributed by atoms with Crippen molar-refractivity contribution < 1.29 is 17.6 Å². The van der Waals surface area contributed by atoms with Crippen molar-refractivity contribution in [2.24, 2.45) is 0 Å². The molecule has 27 heavy (non-hydrogen) atoms. The van der Waals surface area contributed by atoms with E-state index in [2.05, 4.69) is 5.32 Å². The summed E-state index contributed by atoms with van der Waals surface area (Å²) in [5.74, 6) is -0.355. The van der Waals surface area contributed by atoms with Crippen LogP contribution in [0.15, 0.2) is 76.4 Å². The molecule has 3 aromatic rings. The van der Waals surface area contributed by atoms with E-state index in [-0.39, 0.29) is 16.4 Å². The Morgan fingerprint density at radius 3 is 2.52 bits per heavy atom. The van der Waals surface area contributed by atoms with Gasteiger partial charge in [0, 0.05) is 24.7 Å². The molecule has 0 saturated heterocycles. The molecule has 0 atom stereocenters. The van der Waals surface area contributed by atoms with E-state index in [4.69, 9.17) is 4.42 Å². The van der Waals surface area contributed by atoms with Gasteiger partial charge in [-0.2, -0.15) is 0 Å². The van der Waals surface area contributed by atoms with Crippen LogP contribution in [0.2, 0.25) is 0 Å². The Morgan fingerprint density at radius 1 is 1.11 bits per heavy atom. The van der Waals surface area contributed by atoms with Gasteiger partial charge in [-0.25, -0.2) is 8.42 Å². The van der Waals surface area contributed by atoms with Crippen molar-refractivity contribution in [2.45, 2.75) is 18.4 Å². The van der Waals surface area contributed by atoms with Crippen LogP contribution < -0.4 is 9.62 Å². The fourth-order valence-corrected chi connectivity index (χ4v) is 3.77. The number of amides is 1. The highest BCUT2D eigenvalue weighted by Crippen LogP contribution is 2.23. The van der Waals surface area contributed by atoms with Gasteiger partial charge < -0.3 is 9.73 Å². The van der Waals surface area contributed by atoms with Gasteiger partial charge in [0.05, 0.1) is 23.1 Å². The fourth-order valence-electron chi connectivity index (χ4n) is 2.53. The Kier molecular flexibility index (Phi) is 5.32. The van der Waals surface area contributed by atoms with Crippen LogP contribution >= 0.6 is 0 Å². The van der Waals surface area contributed by atoms with Gasteiger partial charge in [0.1, 0.15) is 0 Å². The largest absolute Gasteiger partial charge is 0.472 e. The van der Waals surface area contributed by atoms with E-state index in [0.717, 1.165) is 11.1 Å². The number of nitrogens with one attached hydrogen (secondary N) is 1. The van der Waals surface area contributed by atoms with E-state index < -0.39 is 10.0 Å². The minimum Gasteiger partial charge on any atom is -0.472 e. The number of nitrogens with zero attached hydrogens (tertiary/aromatic N) is 1. The minimum absolute atomic E-state index is 0.0570. The summed E-state index contributed by atoms with van der Waals surface area (Å²) in [7, 11) is -2.29. The van der Waals surface area contributed by atoms with Crippen LogP contribution in [0, 0.1) is 6.92 Å². The summed E-state index contributed by atoms with van der Waals surface area (Å²) >= 11 is 0. The number of hydrogen-bond acceptors (Lipinski definition) is 4. The third-order valence-corrected chi connectivity index (χ3v) is 5.97. The lowest BCUT2D eigenvalue weighted by molar-refractivity contribution is 0.0950. The zero-order valence-corrected chi connectivity index (χ0v) is 15.9. The Morgan fingerprint density at radius 2 is 1.85 bits per heavy atom. The lowest BCUT2D eigenvalue weighted by atomic mass is 10.2. The summed E-state index contributed by atoms with van der Waals surface area (Å²) in [4.78, 5) is 12.4. The molecule has 0 fully saturated rings. The molecular formula is C20H20N2O4S. The molecular weight excluding hydrogens is 364 g/mol. The maximum atomic E-state index is 12.9. The van der Waals surface area contributed by atoms with E-state index in [1.165, 1.54) is 36.0 Å². The summed E-state index contributed by atoms with van der Waals surface area (Å²) in [5.41, 5.74) is 2.69.